The number of aromatic nitrogens is 2. The van der Waals surface area contributed by atoms with E-state index in [-0.39, 0.29) is 24.1 Å². The van der Waals surface area contributed by atoms with Crippen molar-refractivity contribution in [3.63, 3.8) is 0 Å². The lowest BCUT2D eigenvalue weighted by Crippen LogP contribution is -2.42. The number of fused-ring (bicyclic) bond motifs is 5. The van der Waals surface area contributed by atoms with Crippen LogP contribution in [0, 0.1) is 3.57 Å². The number of hydrogen-bond donors (Lipinski definition) is 0. The molecule has 7 nitrogen and oxygen atoms in total. The third-order valence-corrected chi connectivity index (χ3v) is 10.4. The number of esters is 2. The Bertz CT molecular complexity index is 1860. The lowest BCUT2D eigenvalue weighted by Gasteiger charge is -2.33. The predicted octanol–water partition coefficient (Wildman–Crippen LogP) is 6.38. The lowest BCUT2D eigenvalue weighted by molar-refractivity contribution is -0.153. The third-order valence-electron chi connectivity index (χ3n) is 9.72. The summed E-state index contributed by atoms with van der Waals surface area (Å²) in [4.78, 5) is 44.9. The van der Waals surface area contributed by atoms with Crippen molar-refractivity contribution in [2.75, 3.05) is 7.11 Å². The van der Waals surface area contributed by atoms with Gasteiger partial charge in [0.05, 0.1) is 47.0 Å². The number of pyridine rings is 2. The minimum Gasteiger partial charge on any atom is -0.468 e. The summed E-state index contributed by atoms with van der Waals surface area (Å²) in [5.74, 6) is -0.571. The van der Waals surface area contributed by atoms with Crippen LogP contribution in [0.1, 0.15) is 73.9 Å². The normalized spacial score (nSPS) is 18.4. The molecule has 0 radical (unpaired) electrons. The molecule has 0 aliphatic carbocycles. The second-order valence-corrected chi connectivity index (χ2v) is 13.3. The van der Waals surface area contributed by atoms with Gasteiger partial charge in [0.15, 0.2) is 0 Å². The molecule has 4 heterocycles. The van der Waals surface area contributed by atoms with Gasteiger partial charge in [-0.25, -0.2) is 4.98 Å². The molecule has 6 rings (SSSR count). The van der Waals surface area contributed by atoms with E-state index in [0.29, 0.717) is 24.9 Å². The van der Waals surface area contributed by atoms with E-state index in [1.807, 2.05) is 39.0 Å². The summed E-state index contributed by atoms with van der Waals surface area (Å²) >= 11 is 2.29. The number of aryl methyl sites for hydroxylation is 2. The van der Waals surface area contributed by atoms with Crippen molar-refractivity contribution < 1.29 is 19.1 Å². The first-order chi connectivity index (χ1) is 20.5. The van der Waals surface area contributed by atoms with E-state index >= 15 is 0 Å². The van der Waals surface area contributed by atoms with Gasteiger partial charge >= 0.3 is 11.9 Å². The predicted molar refractivity (Wildman–Crippen MR) is 174 cm³/mol. The Morgan fingerprint density at radius 3 is 2.53 bits per heavy atom. The Balaban J connectivity index is 1.47. The molecule has 8 heteroatoms. The molecule has 0 N–H and O–H groups in total. The largest absolute Gasteiger partial charge is 0.468 e. The Hall–Kier alpha value is -3.53. The van der Waals surface area contributed by atoms with E-state index in [0.717, 1.165) is 57.4 Å². The molecule has 0 spiro atoms. The second-order valence-electron chi connectivity index (χ2n) is 12.0. The third kappa shape index (κ3) is 4.60. The number of ether oxygens (including phenoxy) is 2. The highest BCUT2D eigenvalue weighted by Gasteiger charge is 2.43. The summed E-state index contributed by atoms with van der Waals surface area (Å²) < 4.78 is 13.7. The van der Waals surface area contributed by atoms with Crippen molar-refractivity contribution in [1.29, 1.82) is 0 Å². The molecule has 0 fully saturated rings. The van der Waals surface area contributed by atoms with Gasteiger partial charge in [0.2, 0.25) is 0 Å². The topological polar surface area (TPSA) is 87.5 Å². The molecule has 0 bridgehead atoms. The van der Waals surface area contributed by atoms with Gasteiger partial charge in [-0.1, -0.05) is 32.0 Å². The molecular weight excluding hydrogens is 655 g/mol. The van der Waals surface area contributed by atoms with Crippen molar-refractivity contribution >= 4 is 45.4 Å². The van der Waals surface area contributed by atoms with Crippen LogP contribution in [0.15, 0.2) is 53.3 Å². The molecule has 1 unspecified atom stereocenters. The average molecular weight is 691 g/mol. The van der Waals surface area contributed by atoms with Crippen LogP contribution in [-0.2, 0) is 55.9 Å². The molecule has 4 aromatic rings. The number of cyclic esters (lactones) is 1. The minimum absolute atomic E-state index is 0.00700. The van der Waals surface area contributed by atoms with Gasteiger partial charge < -0.3 is 14.0 Å². The van der Waals surface area contributed by atoms with Gasteiger partial charge in [-0.3, -0.25) is 14.4 Å². The number of carbonyl (C=O) groups is 2. The first-order valence-electron chi connectivity index (χ1n) is 14.8. The van der Waals surface area contributed by atoms with Gasteiger partial charge in [0.1, 0.15) is 6.61 Å². The number of hydrogen-bond acceptors (Lipinski definition) is 6. The number of halogens is 1. The van der Waals surface area contributed by atoms with Gasteiger partial charge in [-0.2, -0.15) is 0 Å². The molecule has 0 saturated heterocycles. The summed E-state index contributed by atoms with van der Waals surface area (Å²) in [7, 11) is 1.44. The number of methoxy groups -OCH3 is 1. The maximum absolute atomic E-state index is 13.8. The lowest BCUT2D eigenvalue weighted by atomic mass is 9.76. The minimum atomic E-state index is -0.874. The summed E-state index contributed by atoms with van der Waals surface area (Å²) in [6.45, 7) is 8.25. The zero-order valence-corrected chi connectivity index (χ0v) is 27.3. The Kier molecular flexibility index (Phi) is 7.47. The smallest absolute Gasteiger partial charge is 0.316 e. The fraction of sp³-hybridized carbons (Fsp3) is 0.371. The van der Waals surface area contributed by atoms with Crippen LogP contribution >= 0.6 is 22.6 Å². The maximum Gasteiger partial charge on any atom is 0.316 e. The highest BCUT2D eigenvalue weighted by atomic mass is 127. The highest BCUT2D eigenvalue weighted by molar-refractivity contribution is 14.1. The van der Waals surface area contributed by atoms with Gasteiger partial charge in [0.25, 0.3) is 5.56 Å². The summed E-state index contributed by atoms with van der Waals surface area (Å²) in [5, 5.41) is 0.977. The van der Waals surface area contributed by atoms with Crippen molar-refractivity contribution in [3.05, 3.63) is 95.8 Å². The average Bonchev–Trinajstić information content (AvgIpc) is 3.39. The Morgan fingerprint density at radius 2 is 1.86 bits per heavy atom. The number of carbonyl (C=O) groups excluding carboxylic acids is 2. The molecule has 2 aromatic heterocycles. The van der Waals surface area contributed by atoms with E-state index in [1.54, 1.807) is 4.57 Å². The van der Waals surface area contributed by atoms with E-state index in [2.05, 4.69) is 59.8 Å². The van der Waals surface area contributed by atoms with Crippen molar-refractivity contribution in [2.45, 2.75) is 77.4 Å². The van der Waals surface area contributed by atoms with Gasteiger partial charge in [-0.05, 0) is 115 Å². The number of nitrogens with zero attached hydrogens (tertiary/aromatic N) is 2. The summed E-state index contributed by atoms with van der Waals surface area (Å²) in [6.07, 6.45) is 2.59. The second kappa shape index (κ2) is 10.9. The van der Waals surface area contributed by atoms with Crippen molar-refractivity contribution in [1.82, 2.24) is 9.55 Å². The standard InChI is InChI=1S/C35H35IN2O5/c1-6-23-24-16-21(35(4,32(40)42-5)15-14-20-8-11-22(36)12-9-20)10-13-28(24)37-30-25(23)18-38-29(30)17-27-26(31(38)39)19-43-33(41)34(27,3)7-2/h8-13,16-17H,6-7,14-15,18-19H2,1-5H3/t34?,35-/m1/s1. The molecule has 222 valence electrons. The van der Waals surface area contributed by atoms with Crippen LogP contribution in [0.5, 0.6) is 0 Å². The highest BCUT2D eigenvalue weighted by Crippen LogP contribution is 2.42. The maximum atomic E-state index is 13.8. The van der Waals surface area contributed by atoms with E-state index in [9.17, 15) is 14.4 Å². The fourth-order valence-corrected chi connectivity index (χ4v) is 7.07. The Labute approximate surface area is 264 Å². The first-order valence-corrected chi connectivity index (χ1v) is 15.9. The molecule has 0 amide bonds. The quantitative estimate of drug-likeness (QED) is 0.146. The van der Waals surface area contributed by atoms with Crippen molar-refractivity contribution in [3.8, 4) is 11.4 Å². The summed E-state index contributed by atoms with van der Waals surface area (Å²) in [6, 6.07) is 16.4. The van der Waals surface area contributed by atoms with Crippen molar-refractivity contribution in [2.24, 2.45) is 0 Å². The van der Waals surface area contributed by atoms with Crippen LogP contribution in [0.25, 0.3) is 22.3 Å². The zero-order chi connectivity index (χ0) is 30.7. The van der Waals surface area contributed by atoms with Gasteiger partial charge in [0, 0.05) is 14.5 Å². The van der Waals surface area contributed by atoms with Crippen LogP contribution in [-0.4, -0.2) is 28.6 Å². The molecule has 2 aliphatic rings. The molecule has 2 aromatic carbocycles. The Morgan fingerprint density at radius 1 is 1.12 bits per heavy atom. The zero-order valence-electron chi connectivity index (χ0n) is 25.2. The van der Waals surface area contributed by atoms with Crippen LogP contribution in [0.2, 0.25) is 0 Å². The molecule has 0 saturated carbocycles. The van der Waals surface area contributed by atoms with E-state index < -0.39 is 10.8 Å². The molecule has 2 atom stereocenters. The van der Waals surface area contributed by atoms with E-state index in [1.165, 1.54) is 16.2 Å². The monoisotopic (exact) mass is 690 g/mol. The number of benzene rings is 2. The van der Waals surface area contributed by atoms with Crippen LogP contribution < -0.4 is 5.56 Å². The van der Waals surface area contributed by atoms with E-state index in [4.69, 9.17) is 14.5 Å². The summed E-state index contributed by atoms with van der Waals surface area (Å²) in [5.41, 5.74) is 5.93. The SMILES string of the molecule is CCc1c2c(nc3ccc([C@@](C)(CCc4ccc(I)cc4)C(=O)OC)cc13)-c1cc3c(c(=O)n1C2)COC(=O)C3(C)CC. The first kappa shape index (κ1) is 29.5. The van der Waals surface area contributed by atoms with Crippen LogP contribution in [0.4, 0.5) is 0 Å². The fourth-order valence-electron chi connectivity index (χ4n) is 6.71. The molecule has 2 aliphatic heterocycles. The van der Waals surface area contributed by atoms with Crippen LogP contribution in [0.3, 0.4) is 0 Å². The molecule has 43 heavy (non-hydrogen) atoms. The number of rotatable bonds is 7. The molecular formula is C35H35IN2O5. The van der Waals surface area contributed by atoms with Gasteiger partial charge in [-0.15, -0.1) is 0 Å².